The number of aromatic amines is 1. The lowest BCUT2D eigenvalue weighted by molar-refractivity contribution is -0.130. The average Bonchev–Trinajstić information content (AvgIpc) is 2.99. The Hall–Kier alpha value is -3.55. The maximum Gasteiger partial charge on any atom is 0.339 e. The fraction of sp³-hybridized carbons (Fsp3) is 0.182. The van der Waals surface area contributed by atoms with E-state index in [1.54, 1.807) is 13.8 Å². The van der Waals surface area contributed by atoms with Crippen molar-refractivity contribution >= 4 is 28.4 Å². The van der Waals surface area contributed by atoms with E-state index in [4.69, 9.17) is 0 Å². The molecule has 0 spiro atoms. The van der Waals surface area contributed by atoms with E-state index in [9.17, 15) is 27.9 Å². The summed E-state index contributed by atoms with van der Waals surface area (Å²) in [5, 5.41) is 10.3. The molecule has 0 saturated carbocycles. The largest absolute Gasteiger partial charge is 0.478 e. The van der Waals surface area contributed by atoms with Crippen LogP contribution in [0.1, 0.15) is 35.5 Å². The Morgan fingerprint density at radius 2 is 1.80 bits per heavy atom. The molecule has 1 aromatic heterocycles. The molecule has 0 fully saturated rings. The molecule has 8 heteroatoms. The molecule has 0 bridgehead atoms. The van der Waals surface area contributed by atoms with Gasteiger partial charge in [-0.3, -0.25) is 4.79 Å². The van der Waals surface area contributed by atoms with Crippen LogP contribution in [0.25, 0.3) is 16.5 Å². The number of hydrogen-bond acceptors (Lipinski definition) is 2. The highest BCUT2D eigenvalue weighted by molar-refractivity contribution is 6.17. The third-order valence-corrected chi connectivity index (χ3v) is 5.22. The summed E-state index contributed by atoms with van der Waals surface area (Å²) in [7, 11) is 0. The number of carbonyl (C=O) groups is 2. The van der Waals surface area contributed by atoms with Gasteiger partial charge in [-0.1, -0.05) is 13.8 Å². The van der Waals surface area contributed by atoms with Gasteiger partial charge in [0.05, 0.1) is 11.3 Å². The second-order valence-electron chi connectivity index (χ2n) is 7.86. The average molecular weight is 414 g/mol. The predicted octanol–water partition coefficient (Wildman–Crippen LogP) is 4.44. The molecule has 0 radical (unpaired) electrons. The highest BCUT2D eigenvalue weighted by Gasteiger charge is 2.37. The Balaban J connectivity index is 1.90. The first-order valence-electron chi connectivity index (χ1n) is 9.12. The number of carbonyl (C=O) groups excluding carboxylic acids is 1. The summed E-state index contributed by atoms with van der Waals surface area (Å²) in [4.78, 5) is 29.2. The van der Waals surface area contributed by atoms with Gasteiger partial charge in [0.2, 0.25) is 0 Å². The minimum Gasteiger partial charge on any atom is -0.478 e. The second kappa shape index (κ2) is 6.76. The first kappa shape index (κ1) is 19.8. The number of hydrogen-bond donors (Lipinski definition) is 2. The van der Waals surface area contributed by atoms with Crippen LogP contribution in [0.5, 0.6) is 0 Å². The number of amides is 1. The summed E-state index contributed by atoms with van der Waals surface area (Å²) in [5.41, 5.74) is 0.306. The Morgan fingerprint density at radius 3 is 2.47 bits per heavy atom. The van der Waals surface area contributed by atoms with Gasteiger partial charge in [0.15, 0.2) is 11.6 Å². The smallest absolute Gasteiger partial charge is 0.339 e. The van der Waals surface area contributed by atoms with Crippen molar-refractivity contribution in [1.29, 1.82) is 0 Å². The number of aromatic nitrogens is 1. The zero-order valence-corrected chi connectivity index (χ0v) is 16.1. The SMILES string of the molecule is CC1(C)CN(C(=O)c2ccc(F)c(F)c2)C=C(C(=O)O)c2[nH]c3ccc(F)cc3c21. The van der Waals surface area contributed by atoms with Gasteiger partial charge in [0, 0.05) is 34.6 Å². The summed E-state index contributed by atoms with van der Waals surface area (Å²) in [6.45, 7) is 3.64. The Kier molecular flexibility index (Phi) is 4.45. The number of carboxylic acid groups (broad SMARTS) is 1. The molecule has 154 valence electrons. The standard InChI is InChI=1S/C22H17F3N2O3/c1-22(2)10-27(20(28)11-3-5-15(24)16(25)7-11)9-14(21(29)30)19-18(22)13-8-12(23)4-6-17(13)26-19/h3-9,26H,10H2,1-2H3,(H,29,30). The van der Waals surface area contributed by atoms with E-state index in [1.165, 1.54) is 24.4 Å². The van der Waals surface area contributed by atoms with Crippen LogP contribution in [0.3, 0.4) is 0 Å². The minimum absolute atomic E-state index is 0.0398. The van der Waals surface area contributed by atoms with Crippen LogP contribution in [-0.2, 0) is 10.2 Å². The predicted molar refractivity (Wildman–Crippen MR) is 104 cm³/mol. The van der Waals surface area contributed by atoms with E-state index < -0.39 is 34.7 Å². The van der Waals surface area contributed by atoms with E-state index in [2.05, 4.69) is 4.98 Å². The van der Waals surface area contributed by atoms with Crippen LogP contribution in [0.15, 0.2) is 42.6 Å². The van der Waals surface area contributed by atoms with Crippen LogP contribution in [0.2, 0.25) is 0 Å². The van der Waals surface area contributed by atoms with E-state index in [0.717, 1.165) is 23.1 Å². The maximum absolute atomic E-state index is 13.9. The van der Waals surface area contributed by atoms with Gasteiger partial charge in [-0.15, -0.1) is 0 Å². The van der Waals surface area contributed by atoms with E-state index in [-0.39, 0.29) is 23.4 Å². The van der Waals surface area contributed by atoms with Crippen molar-refractivity contribution in [3.05, 3.63) is 76.9 Å². The van der Waals surface area contributed by atoms with Crippen molar-refractivity contribution in [2.45, 2.75) is 19.3 Å². The highest BCUT2D eigenvalue weighted by Crippen LogP contribution is 2.40. The molecular formula is C22H17F3N2O3. The van der Waals surface area contributed by atoms with Gasteiger partial charge < -0.3 is 15.0 Å². The molecule has 3 aromatic rings. The van der Waals surface area contributed by atoms with Crippen molar-refractivity contribution in [3.8, 4) is 0 Å². The normalized spacial score (nSPS) is 15.5. The van der Waals surface area contributed by atoms with Gasteiger partial charge >= 0.3 is 5.97 Å². The number of rotatable bonds is 2. The molecule has 0 unspecified atom stereocenters. The lowest BCUT2D eigenvalue weighted by Crippen LogP contribution is -2.37. The third kappa shape index (κ3) is 3.14. The number of carboxylic acids is 1. The van der Waals surface area contributed by atoms with Gasteiger partial charge in [-0.05, 0) is 42.0 Å². The summed E-state index contributed by atoms with van der Waals surface area (Å²) in [6.07, 6.45) is 1.17. The molecule has 1 aliphatic heterocycles. The number of nitrogens with zero attached hydrogens (tertiary/aromatic N) is 1. The van der Waals surface area contributed by atoms with Crippen LogP contribution in [0, 0.1) is 17.5 Å². The third-order valence-electron chi connectivity index (χ3n) is 5.22. The molecule has 1 amide bonds. The fourth-order valence-corrected chi connectivity index (χ4v) is 3.93. The quantitative estimate of drug-likeness (QED) is 0.651. The lowest BCUT2D eigenvalue weighted by atomic mass is 9.81. The molecule has 4 rings (SSSR count). The molecular weight excluding hydrogens is 397 g/mol. The molecule has 0 saturated heterocycles. The highest BCUT2D eigenvalue weighted by atomic mass is 19.2. The zero-order chi connectivity index (χ0) is 21.8. The zero-order valence-electron chi connectivity index (χ0n) is 16.1. The van der Waals surface area contributed by atoms with E-state index >= 15 is 0 Å². The van der Waals surface area contributed by atoms with E-state index in [1.807, 2.05) is 0 Å². The van der Waals surface area contributed by atoms with Crippen LogP contribution < -0.4 is 0 Å². The van der Waals surface area contributed by atoms with Crippen LogP contribution in [-0.4, -0.2) is 33.4 Å². The van der Waals surface area contributed by atoms with Gasteiger partial charge in [-0.2, -0.15) is 0 Å². The van der Waals surface area contributed by atoms with Gasteiger partial charge in [-0.25, -0.2) is 18.0 Å². The number of benzene rings is 2. The van der Waals surface area contributed by atoms with Crippen molar-refractivity contribution in [2.75, 3.05) is 6.54 Å². The fourth-order valence-electron chi connectivity index (χ4n) is 3.93. The first-order chi connectivity index (χ1) is 14.1. The number of fused-ring (bicyclic) bond motifs is 3. The monoisotopic (exact) mass is 414 g/mol. The lowest BCUT2D eigenvalue weighted by Gasteiger charge is -2.29. The van der Waals surface area contributed by atoms with Crippen molar-refractivity contribution < 1.29 is 27.9 Å². The molecule has 2 heterocycles. The molecule has 2 aromatic carbocycles. The van der Waals surface area contributed by atoms with Crippen molar-refractivity contribution in [1.82, 2.24) is 9.88 Å². The molecule has 2 N–H and O–H groups in total. The van der Waals surface area contributed by atoms with Gasteiger partial charge in [0.25, 0.3) is 5.91 Å². The topological polar surface area (TPSA) is 73.4 Å². The van der Waals surface area contributed by atoms with Gasteiger partial charge in [0.1, 0.15) is 5.82 Å². The second-order valence-corrected chi connectivity index (χ2v) is 7.86. The summed E-state index contributed by atoms with van der Waals surface area (Å²) >= 11 is 0. The van der Waals surface area contributed by atoms with Crippen molar-refractivity contribution in [3.63, 3.8) is 0 Å². The summed E-state index contributed by atoms with van der Waals surface area (Å²) < 4.78 is 40.8. The number of nitrogens with one attached hydrogen (secondary N) is 1. The van der Waals surface area contributed by atoms with E-state index in [0.29, 0.717) is 16.5 Å². The minimum atomic E-state index is -1.29. The first-order valence-corrected chi connectivity index (χ1v) is 9.12. The Morgan fingerprint density at radius 1 is 1.07 bits per heavy atom. The van der Waals surface area contributed by atoms with Crippen molar-refractivity contribution in [2.24, 2.45) is 0 Å². The number of halogens is 3. The molecule has 1 aliphatic rings. The number of aliphatic carboxylic acids is 1. The molecule has 0 atom stereocenters. The van der Waals surface area contributed by atoms with Crippen LogP contribution >= 0.6 is 0 Å². The maximum atomic E-state index is 13.9. The molecule has 30 heavy (non-hydrogen) atoms. The Labute approximate surface area is 169 Å². The van der Waals surface area contributed by atoms with Crippen LogP contribution in [0.4, 0.5) is 13.2 Å². The Bertz CT molecular complexity index is 1240. The number of H-pyrrole nitrogens is 1. The summed E-state index contributed by atoms with van der Waals surface area (Å²) in [5.74, 6) is -4.71. The summed E-state index contributed by atoms with van der Waals surface area (Å²) in [6, 6.07) is 6.86. The molecule has 5 nitrogen and oxygen atoms in total. The molecule has 0 aliphatic carbocycles.